The van der Waals surface area contributed by atoms with Gasteiger partial charge in [0.1, 0.15) is 5.78 Å². The first-order valence-corrected chi connectivity index (χ1v) is 5.52. The van der Waals surface area contributed by atoms with E-state index in [1.807, 2.05) is 0 Å². The largest absolute Gasteiger partial charge is 0.327 e. The van der Waals surface area contributed by atoms with Gasteiger partial charge in [-0.2, -0.15) is 0 Å². The molecule has 2 N–H and O–H groups in total. The lowest BCUT2D eigenvalue weighted by Crippen LogP contribution is -2.40. The van der Waals surface area contributed by atoms with Gasteiger partial charge < -0.3 is 5.73 Å². The predicted molar refractivity (Wildman–Crippen MR) is 52.2 cm³/mol. The number of carbonyl (C=O) groups excluding carboxylic acids is 1. The topological polar surface area (TPSA) is 43.1 Å². The second kappa shape index (κ2) is 3.41. The van der Waals surface area contributed by atoms with E-state index in [9.17, 15) is 4.79 Å². The lowest BCUT2D eigenvalue weighted by Gasteiger charge is -2.26. The summed E-state index contributed by atoms with van der Waals surface area (Å²) in [6.07, 6.45) is 5.45. The normalized spacial score (nSPS) is 42.6. The molecule has 2 rings (SSSR count). The maximum Gasteiger partial charge on any atom is 0.137 e. The predicted octanol–water partition coefficient (Wildman–Crippen LogP) is 1.73. The minimum atomic E-state index is 0.192. The van der Waals surface area contributed by atoms with Gasteiger partial charge in [0.15, 0.2) is 0 Å². The lowest BCUT2D eigenvalue weighted by molar-refractivity contribution is -0.124. The molecule has 0 radical (unpaired) electrons. The monoisotopic (exact) mass is 181 g/mol. The molecule has 13 heavy (non-hydrogen) atoms. The smallest absolute Gasteiger partial charge is 0.137 e. The molecule has 0 heterocycles. The average Bonchev–Trinajstić information content (AvgIpc) is 2.63. The Morgan fingerprint density at radius 2 is 2.08 bits per heavy atom. The Bertz CT molecular complexity index is 212. The molecule has 74 valence electrons. The molecule has 2 aliphatic carbocycles. The zero-order chi connectivity index (χ0) is 9.42. The molecule has 2 heteroatoms. The maximum absolute atomic E-state index is 11.8. The van der Waals surface area contributed by atoms with Crippen LogP contribution >= 0.6 is 0 Å². The molecular weight excluding hydrogens is 162 g/mol. The highest BCUT2D eigenvalue weighted by Gasteiger charge is 2.48. The third-order valence-corrected chi connectivity index (χ3v) is 3.85. The highest BCUT2D eigenvalue weighted by atomic mass is 16.1. The van der Waals surface area contributed by atoms with Crippen molar-refractivity contribution in [3.8, 4) is 0 Å². The van der Waals surface area contributed by atoms with Gasteiger partial charge >= 0.3 is 0 Å². The van der Waals surface area contributed by atoms with Crippen LogP contribution in [-0.2, 0) is 4.79 Å². The van der Waals surface area contributed by atoms with Gasteiger partial charge in [0.2, 0.25) is 0 Å². The van der Waals surface area contributed by atoms with Gasteiger partial charge in [-0.25, -0.2) is 0 Å². The molecule has 0 aromatic rings. The number of hydrogen-bond acceptors (Lipinski definition) is 2. The summed E-state index contributed by atoms with van der Waals surface area (Å²) in [5.74, 6) is 1.95. The Hall–Kier alpha value is -0.370. The van der Waals surface area contributed by atoms with E-state index >= 15 is 0 Å². The number of Topliss-reactive ketones (excluding diaryl/α,β-unsaturated/α-hetero) is 1. The summed E-state index contributed by atoms with van der Waals surface area (Å²) in [6, 6.07) is 0.192. The van der Waals surface area contributed by atoms with Crippen molar-refractivity contribution >= 4 is 5.78 Å². The van der Waals surface area contributed by atoms with Crippen molar-refractivity contribution in [1.29, 1.82) is 0 Å². The van der Waals surface area contributed by atoms with Gasteiger partial charge in [0.05, 0.1) is 0 Å². The molecule has 0 spiro atoms. The van der Waals surface area contributed by atoms with Crippen LogP contribution in [0.3, 0.4) is 0 Å². The molecule has 2 nitrogen and oxygen atoms in total. The van der Waals surface area contributed by atoms with Gasteiger partial charge in [0, 0.05) is 18.4 Å². The van der Waals surface area contributed by atoms with Crippen molar-refractivity contribution in [2.24, 2.45) is 23.5 Å². The van der Waals surface area contributed by atoms with Crippen LogP contribution in [0.25, 0.3) is 0 Å². The summed E-state index contributed by atoms with van der Waals surface area (Å²) in [4.78, 5) is 11.8. The van der Waals surface area contributed by atoms with Crippen LogP contribution in [0.15, 0.2) is 0 Å². The van der Waals surface area contributed by atoms with Gasteiger partial charge in [-0.3, -0.25) is 4.79 Å². The van der Waals surface area contributed by atoms with Crippen LogP contribution in [0.2, 0.25) is 0 Å². The zero-order valence-corrected chi connectivity index (χ0v) is 8.33. The van der Waals surface area contributed by atoms with Crippen LogP contribution < -0.4 is 5.73 Å². The molecule has 0 aromatic carbocycles. The number of nitrogens with two attached hydrogens (primary N) is 1. The van der Waals surface area contributed by atoms with E-state index < -0.39 is 0 Å². The Balaban J connectivity index is 2.03. The molecule has 4 unspecified atom stereocenters. The van der Waals surface area contributed by atoms with E-state index in [1.165, 1.54) is 19.3 Å². The molecule has 0 amide bonds. The summed E-state index contributed by atoms with van der Waals surface area (Å²) in [5.41, 5.74) is 6.07. The highest BCUT2D eigenvalue weighted by Crippen LogP contribution is 2.48. The van der Waals surface area contributed by atoms with E-state index in [1.54, 1.807) is 0 Å². The van der Waals surface area contributed by atoms with E-state index in [0.717, 1.165) is 12.8 Å². The van der Waals surface area contributed by atoms with Crippen molar-refractivity contribution in [2.75, 3.05) is 0 Å². The highest BCUT2D eigenvalue weighted by molar-refractivity contribution is 5.82. The summed E-state index contributed by atoms with van der Waals surface area (Å²) in [5, 5.41) is 0. The Morgan fingerprint density at radius 1 is 1.38 bits per heavy atom. The van der Waals surface area contributed by atoms with E-state index in [-0.39, 0.29) is 12.0 Å². The van der Waals surface area contributed by atoms with Gasteiger partial charge in [-0.05, 0) is 37.5 Å². The van der Waals surface area contributed by atoms with E-state index in [0.29, 0.717) is 17.6 Å². The molecule has 0 aliphatic heterocycles. The fraction of sp³-hybridized carbons (Fsp3) is 0.909. The van der Waals surface area contributed by atoms with Gasteiger partial charge in [-0.15, -0.1) is 0 Å². The molecule has 2 aliphatic rings. The third-order valence-electron chi connectivity index (χ3n) is 3.85. The Labute approximate surface area is 79.9 Å². The number of carbonyl (C=O) groups is 1. The SMILES string of the molecule is CCCC(=O)C1C2CCC(C2)C1N. The minimum absolute atomic E-state index is 0.192. The zero-order valence-electron chi connectivity index (χ0n) is 8.33. The summed E-state index contributed by atoms with van der Waals surface area (Å²) in [7, 11) is 0. The molecule has 2 saturated carbocycles. The Kier molecular flexibility index (Phi) is 2.41. The fourth-order valence-electron chi connectivity index (χ4n) is 3.23. The number of rotatable bonds is 3. The Morgan fingerprint density at radius 3 is 2.62 bits per heavy atom. The van der Waals surface area contributed by atoms with E-state index in [4.69, 9.17) is 5.73 Å². The van der Waals surface area contributed by atoms with Crippen LogP contribution in [0.4, 0.5) is 0 Å². The standard InChI is InChI=1S/C11H19NO/c1-2-3-9(13)10-7-4-5-8(6-7)11(10)12/h7-8,10-11H,2-6,12H2,1H3. The second-order valence-corrected chi connectivity index (χ2v) is 4.65. The molecule has 0 aromatic heterocycles. The van der Waals surface area contributed by atoms with Crippen molar-refractivity contribution in [3.05, 3.63) is 0 Å². The number of hydrogen-bond donors (Lipinski definition) is 1. The quantitative estimate of drug-likeness (QED) is 0.720. The van der Waals surface area contributed by atoms with Crippen molar-refractivity contribution < 1.29 is 4.79 Å². The number of fused-ring (bicyclic) bond motifs is 2. The van der Waals surface area contributed by atoms with Gasteiger partial charge in [-0.1, -0.05) is 6.92 Å². The lowest BCUT2D eigenvalue weighted by atomic mass is 9.81. The third kappa shape index (κ3) is 1.41. The molecular formula is C11H19NO. The molecule has 0 saturated heterocycles. The molecule has 2 fully saturated rings. The van der Waals surface area contributed by atoms with Crippen LogP contribution in [-0.4, -0.2) is 11.8 Å². The van der Waals surface area contributed by atoms with Crippen molar-refractivity contribution in [3.63, 3.8) is 0 Å². The maximum atomic E-state index is 11.8. The first-order chi connectivity index (χ1) is 6.24. The summed E-state index contributed by atoms with van der Waals surface area (Å²) in [6.45, 7) is 2.07. The van der Waals surface area contributed by atoms with Crippen molar-refractivity contribution in [1.82, 2.24) is 0 Å². The van der Waals surface area contributed by atoms with E-state index in [2.05, 4.69) is 6.92 Å². The minimum Gasteiger partial charge on any atom is -0.327 e. The summed E-state index contributed by atoms with van der Waals surface area (Å²) >= 11 is 0. The summed E-state index contributed by atoms with van der Waals surface area (Å²) < 4.78 is 0. The van der Waals surface area contributed by atoms with Crippen LogP contribution in [0.1, 0.15) is 39.0 Å². The van der Waals surface area contributed by atoms with Crippen molar-refractivity contribution in [2.45, 2.75) is 45.1 Å². The molecule has 2 bridgehead atoms. The number of ketones is 1. The second-order valence-electron chi connectivity index (χ2n) is 4.65. The molecule has 4 atom stereocenters. The van der Waals surface area contributed by atoms with Crippen LogP contribution in [0, 0.1) is 17.8 Å². The first-order valence-electron chi connectivity index (χ1n) is 5.52. The fourth-order valence-corrected chi connectivity index (χ4v) is 3.23. The van der Waals surface area contributed by atoms with Gasteiger partial charge in [0.25, 0.3) is 0 Å². The van der Waals surface area contributed by atoms with Crippen LogP contribution in [0.5, 0.6) is 0 Å². The average molecular weight is 181 g/mol. The first kappa shape index (κ1) is 9.20.